The Balaban J connectivity index is 1.20. The number of alkyl carbamates (subject to hydrolysis) is 1. The number of nitrogens with zero attached hydrogens (tertiary/aromatic N) is 2. The topological polar surface area (TPSA) is 108 Å². The highest BCUT2D eigenvalue weighted by molar-refractivity contribution is 7.93. The number of sulfone groups is 1. The Morgan fingerprint density at radius 1 is 1.00 bits per heavy atom. The fourth-order valence-corrected chi connectivity index (χ4v) is 7.44. The van der Waals surface area contributed by atoms with Crippen molar-refractivity contribution in [3.63, 3.8) is 0 Å². The molecule has 2 aliphatic heterocycles. The summed E-state index contributed by atoms with van der Waals surface area (Å²) in [5.74, 6) is -0.286. The van der Waals surface area contributed by atoms with E-state index in [-0.39, 0.29) is 24.1 Å². The molecule has 47 heavy (non-hydrogen) atoms. The van der Waals surface area contributed by atoms with E-state index in [1.54, 1.807) is 26.8 Å². The normalized spacial score (nSPS) is 17.3. The number of Topliss-reactive ketones (excluding diaryl/α,β-unsaturated/α-hetero) is 1. The van der Waals surface area contributed by atoms with E-state index >= 15 is 0 Å². The van der Waals surface area contributed by atoms with Gasteiger partial charge in [-0.1, -0.05) is 59.6 Å². The van der Waals surface area contributed by atoms with E-state index in [1.807, 2.05) is 66.7 Å². The molecule has 12 heteroatoms. The number of carbonyl (C=O) groups is 2. The SMILES string of the molecule is CC(C)(C)OC(=O)NCC(=O)C1CN(c2cccc(CS(=O)(=O)C=C3CN(C(c4ccc(Cl)cc4)c4ccc(Cl)cc4)C3)c2)CCN1. The molecule has 2 heterocycles. The Labute approximate surface area is 286 Å². The molecule has 0 bridgehead atoms. The van der Waals surface area contributed by atoms with Gasteiger partial charge in [0.15, 0.2) is 15.6 Å². The number of halogens is 2. The Morgan fingerprint density at radius 3 is 2.21 bits per heavy atom. The van der Waals surface area contributed by atoms with Crippen LogP contribution in [0.5, 0.6) is 0 Å². The fraction of sp³-hybridized carbons (Fsp3) is 0.371. The van der Waals surface area contributed by atoms with Gasteiger partial charge in [0.05, 0.1) is 24.4 Å². The lowest BCUT2D eigenvalue weighted by Gasteiger charge is -2.41. The summed E-state index contributed by atoms with van der Waals surface area (Å²) in [5.41, 5.74) is 3.83. The molecule has 2 N–H and O–H groups in total. The van der Waals surface area contributed by atoms with E-state index in [1.165, 1.54) is 5.41 Å². The molecule has 0 saturated carbocycles. The Kier molecular flexibility index (Phi) is 11.0. The van der Waals surface area contributed by atoms with Crippen molar-refractivity contribution < 1.29 is 22.7 Å². The highest BCUT2D eigenvalue weighted by Gasteiger charge is 2.32. The number of piperazine rings is 1. The monoisotopic (exact) mass is 698 g/mol. The van der Waals surface area contributed by atoms with Crippen molar-refractivity contribution in [3.05, 3.63) is 111 Å². The third-order valence-corrected chi connectivity index (χ3v) is 9.84. The van der Waals surface area contributed by atoms with Crippen LogP contribution in [0.1, 0.15) is 43.5 Å². The zero-order chi connectivity index (χ0) is 33.8. The molecule has 1 atom stereocenters. The van der Waals surface area contributed by atoms with Crippen molar-refractivity contribution in [2.75, 3.05) is 44.2 Å². The second-order valence-corrected chi connectivity index (χ2v) is 15.7. The lowest BCUT2D eigenvalue weighted by atomic mass is 9.93. The summed E-state index contributed by atoms with van der Waals surface area (Å²) in [6.45, 7) is 7.79. The summed E-state index contributed by atoms with van der Waals surface area (Å²) >= 11 is 12.3. The van der Waals surface area contributed by atoms with Crippen molar-refractivity contribution in [1.82, 2.24) is 15.5 Å². The minimum Gasteiger partial charge on any atom is -0.444 e. The molecule has 250 valence electrons. The second kappa shape index (κ2) is 14.8. The predicted molar refractivity (Wildman–Crippen MR) is 187 cm³/mol. The number of ketones is 1. The van der Waals surface area contributed by atoms with Crippen LogP contribution in [0.15, 0.2) is 83.8 Å². The van der Waals surface area contributed by atoms with Crippen LogP contribution in [0.3, 0.4) is 0 Å². The molecule has 5 rings (SSSR count). The number of ether oxygens (including phenoxy) is 1. The largest absolute Gasteiger partial charge is 0.444 e. The summed E-state index contributed by atoms with van der Waals surface area (Å²) in [5, 5.41) is 8.46. The number of rotatable bonds is 10. The lowest BCUT2D eigenvalue weighted by molar-refractivity contribution is -0.120. The highest BCUT2D eigenvalue weighted by Crippen LogP contribution is 2.35. The van der Waals surface area contributed by atoms with Gasteiger partial charge in [-0.15, -0.1) is 0 Å². The van der Waals surface area contributed by atoms with Crippen LogP contribution >= 0.6 is 23.2 Å². The van der Waals surface area contributed by atoms with Crippen LogP contribution < -0.4 is 15.5 Å². The third-order valence-electron chi connectivity index (χ3n) is 7.91. The first-order chi connectivity index (χ1) is 22.2. The number of anilines is 1. The highest BCUT2D eigenvalue weighted by atomic mass is 35.5. The zero-order valence-corrected chi connectivity index (χ0v) is 29.0. The first-order valence-electron chi connectivity index (χ1n) is 15.5. The van der Waals surface area contributed by atoms with Gasteiger partial charge in [0, 0.05) is 53.9 Å². The first kappa shape index (κ1) is 34.9. The van der Waals surface area contributed by atoms with Crippen LogP contribution in [0, 0.1) is 0 Å². The van der Waals surface area contributed by atoms with Crippen LogP contribution in [-0.2, 0) is 25.1 Å². The van der Waals surface area contributed by atoms with Gasteiger partial charge >= 0.3 is 6.09 Å². The van der Waals surface area contributed by atoms with Gasteiger partial charge in [0.2, 0.25) is 0 Å². The molecule has 1 amide bonds. The Morgan fingerprint density at radius 2 is 1.62 bits per heavy atom. The molecule has 0 radical (unpaired) electrons. The molecule has 9 nitrogen and oxygen atoms in total. The standard InChI is InChI=1S/C35H40Cl2N4O5S/c1-35(2,3)46-34(43)39-18-32(42)31-21-40(16-15-38-31)30-6-4-5-24(17-30)22-47(44,45)23-25-19-41(20-25)33(26-7-11-28(36)12-8-26)27-9-13-29(37)14-10-27/h4-14,17,23,31,33,38H,15-16,18-22H2,1-3H3,(H,39,43). The Hall–Kier alpha value is -3.41. The van der Waals surface area contributed by atoms with E-state index in [0.29, 0.717) is 48.3 Å². The van der Waals surface area contributed by atoms with Gasteiger partial charge < -0.3 is 20.3 Å². The van der Waals surface area contributed by atoms with E-state index in [0.717, 1.165) is 22.4 Å². The van der Waals surface area contributed by atoms with Crippen molar-refractivity contribution in [2.45, 2.75) is 44.2 Å². The summed E-state index contributed by atoms with van der Waals surface area (Å²) in [6.07, 6.45) is -0.639. The maximum atomic E-state index is 13.3. The van der Waals surface area contributed by atoms with Crippen molar-refractivity contribution in [3.8, 4) is 0 Å². The van der Waals surface area contributed by atoms with Crippen LogP contribution in [0.4, 0.5) is 10.5 Å². The number of carbonyl (C=O) groups excluding carboxylic acids is 2. The van der Waals surface area contributed by atoms with Crippen LogP contribution in [-0.4, -0.2) is 76.1 Å². The van der Waals surface area contributed by atoms with Gasteiger partial charge in [0.25, 0.3) is 0 Å². The molecule has 3 aromatic rings. The predicted octanol–water partition coefficient (Wildman–Crippen LogP) is 5.77. The summed E-state index contributed by atoms with van der Waals surface area (Å²) in [4.78, 5) is 29.1. The van der Waals surface area contributed by atoms with E-state index in [4.69, 9.17) is 27.9 Å². The van der Waals surface area contributed by atoms with Gasteiger partial charge in [-0.3, -0.25) is 9.69 Å². The lowest BCUT2D eigenvalue weighted by Crippen LogP contribution is -2.56. The molecule has 2 fully saturated rings. The fourth-order valence-electron chi connectivity index (χ4n) is 5.80. The molecule has 0 aliphatic carbocycles. The van der Waals surface area contributed by atoms with Crippen LogP contribution in [0.2, 0.25) is 10.0 Å². The molecule has 1 unspecified atom stereocenters. The van der Waals surface area contributed by atoms with E-state index < -0.39 is 27.6 Å². The van der Waals surface area contributed by atoms with Gasteiger partial charge in [-0.2, -0.15) is 0 Å². The van der Waals surface area contributed by atoms with Crippen molar-refractivity contribution in [1.29, 1.82) is 0 Å². The Bertz CT molecular complexity index is 1670. The maximum absolute atomic E-state index is 13.3. The van der Waals surface area contributed by atoms with Crippen LogP contribution in [0.25, 0.3) is 0 Å². The smallest absolute Gasteiger partial charge is 0.408 e. The number of hydrogen-bond acceptors (Lipinski definition) is 8. The van der Waals surface area contributed by atoms with Crippen molar-refractivity contribution in [2.24, 2.45) is 0 Å². The summed E-state index contributed by atoms with van der Waals surface area (Å²) in [7, 11) is -3.55. The number of amides is 1. The first-order valence-corrected chi connectivity index (χ1v) is 18.0. The van der Waals surface area contributed by atoms with Gasteiger partial charge in [-0.05, 0) is 79.4 Å². The summed E-state index contributed by atoms with van der Waals surface area (Å²) in [6, 6.07) is 22.3. The maximum Gasteiger partial charge on any atom is 0.408 e. The molecule has 0 aromatic heterocycles. The average Bonchev–Trinajstić information content (AvgIpc) is 2.99. The molecular formula is C35H40Cl2N4O5S. The molecule has 2 saturated heterocycles. The molecule has 0 spiro atoms. The zero-order valence-electron chi connectivity index (χ0n) is 26.7. The second-order valence-electron chi connectivity index (χ2n) is 12.9. The van der Waals surface area contributed by atoms with Gasteiger partial charge in [0.1, 0.15) is 5.60 Å². The van der Waals surface area contributed by atoms with Crippen molar-refractivity contribution >= 4 is 50.6 Å². The van der Waals surface area contributed by atoms with E-state index in [9.17, 15) is 18.0 Å². The molecule has 3 aromatic carbocycles. The molecule has 2 aliphatic rings. The number of benzene rings is 3. The quantitative estimate of drug-likeness (QED) is 0.275. The third kappa shape index (κ3) is 9.81. The molecular weight excluding hydrogens is 659 g/mol. The van der Waals surface area contributed by atoms with Gasteiger partial charge in [-0.25, -0.2) is 13.2 Å². The number of hydrogen-bond donors (Lipinski definition) is 2. The number of nitrogens with one attached hydrogen (secondary N) is 2. The summed E-state index contributed by atoms with van der Waals surface area (Å²) < 4.78 is 31.8. The van der Waals surface area contributed by atoms with E-state index in [2.05, 4.69) is 20.4 Å². The number of likely N-dealkylation sites (tertiary alicyclic amines) is 1. The average molecular weight is 700 g/mol. The minimum atomic E-state index is -3.55. The minimum absolute atomic E-state index is 0.0658.